The minimum absolute atomic E-state index is 0.0263. The summed E-state index contributed by atoms with van der Waals surface area (Å²) in [6, 6.07) is 28.2. The average Bonchev–Trinajstić information content (AvgIpc) is 2.89. The number of amides is 1. The second kappa shape index (κ2) is 8.38. The Morgan fingerprint density at radius 3 is 2.26 bits per heavy atom. The van der Waals surface area contributed by atoms with E-state index in [0.717, 1.165) is 38.9 Å². The normalized spacial score (nSPS) is 20.5. The van der Waals surface area contributed by atoms with E-state index in [0.29, 0.717) is 12.8 Å². The van der Waals surface area contributed by atoms with Gasteiger partial charge in [0.2, 0.25) is 5.91 Å². The van der Waals surface area contributed by atoms with Crippen LogP contribution in [0.3, 0.4) is 0 Å². The zero-order valence-electron chi connectivity index (χ0n) is 18.7. The minimum Gasteiger partial charge on any atom is -0.294 e. The number of benzene rings is 3. The highest BCUT2D eigenvalue weighted by molar-refractivity contribution is 6.11. The third kappa shape index (κ3) is 3.43. The number of hydrogen-bond donors (Lipinski definition) is 0. The first-order chi connectivity index (χ1) is 16.7. The van der Waals surface area contributed by atoms with Gasteiger partial charge in [-0.3, -0.25) is 19.5 Å². The summed E-state index contributed by atoms with van der Waals surface area (Å²) in [5.41, 5.74) is 4.59. The molecule has 6 rings (SSSR count). The number of rotatable bonds is 3. The lowest BCUT2D eigenvalue weighted by Gasteiger charge is -2.41. The molecule has 166 valence electrons. The van der Waals surface area contributed by atoms with Crippen LogP contribution < -0.4 is 4.90 Å². The van der Waals surface area contributed by atoms with Crippen LogP contribution in [0.1, 0.15) is 42.2 Å². The quantitative estimate of drug-likeness (QED) is 0.380. The third-order valence-electron chi connectivity index (χ3n) is 7.12. The monoisotopic (exact) mass is 444 g/mol. The lowest BCUT2D eigenvalue weighted by molar-refractivity contribution is -0.120. The van der Waals surface area contributed by atoms with Crippen molar-refractivity contribution >= 4 is 28.2 Å². The molecule has 0 saturated carbocycles. The fourth-order valence-corrected chi connectivity index (χ4v) is 5.56. The summed E-state index contributed by atoms with van der Waals surface area (Å²) in [7, 11) is 0. The topological polar surface area (TPSA) is 50.3 Å². The molecular weight excluding hydrogens is 420 g/mol. The van der Waals surface area contributed by atoms with E-state index in [1.807, 2.05) is 65.6 Å². The summed E-state index contributed by atoms with van der Waals surface area (Å²) < 4.78 is 0. The SMILES string of the molecule is O=C1CC(c2ccccc2)CC2=C1C(c1ccncc1)CC(=O)N2c1cccc2ccccc12. The first-order valence-corrected chi connectivity index (χ1v) is 11.7. The van der Waals surface area contributed by atoms with Crippen molar-refractivity contribution in [3.05, 3.63) is 120 Å². The number of nitrogens with zero attached hydrogens (tertiary/aromatic N) is 2. The molecule has 0 fully saturated rings. The number of pyridine rings is 1. The summed E-state index contributed by atoms with van der Waals surface area (Å²) in [4.78, 5) is 33.5. The van der Waals surface area contributed by atoms with E-state index >= 15 is 0 Å². The van der Waals surface area contributed by atoms with Crippen LogP contribution in [0.4, 0.5) is 5.69 Å². The highest BCUT2D eigenvalue weighted by atomic mass is 16.2. The Bertz CT molecular complexity index is 1420. The predicted molar refractivity (Wildman–Crippen MR) is 133 cm³/mol. The molecule has 3 aromatic carbocycles. The summed E-state index contributed by atoms with van der Waals surface area (Å²) >= 11 is 0. The summed E-state index contributed by atoms with van der Waals surface area (Å²) in [5, 5.41) is 2.09. The molecule has 0 radical (unpaired) electrons. The van der Waals surface area contributed by atoms with Gasteiger partial charge in [-0.25, -0.2) is 0 Å². The number of ketones is 1. The summed E-state index contributed by atoms with van der Waals surface area (Å²) in [6.45, 7) is 0. The number of aromatic nitrogens is 1. The number of carbonyl (C=O) groups is 2. The number of carbonyl (C=O) groups excluding carboxylic acids is 2. The van der Waals surface area contributed by atoms with Gasteiger partial charge in [0.15, 0.2) is 5.78 Å². The van der Waals surface area contributed by atoms with Crippen molar-refractivity contribution in [3.63, 3.8) is 0 Å². The molecule has 2 aliphatic rings. The van der Waals surface area contributed by atoms with E-state index in [4.69, 9.17) is 0 Å². The van der Waals surface area contributed by atoms with Crippen LogP contribution >= 0.6 is 0 Å². The van der Waals surface area contributed by atoms with Gasteiger partial charge in [0, 0.05) is 47.8 Å². The van der Waals surface area contributed by atoms with Gasteiger partial charge in [0.05, 0.1) is 5.69 Å². The molecule has 0 spiro atoms. The average molecular weight is 445 g/mol. The molecular formula is C30H24N2O2. The minimum atomic E-state index is -0.235. The van der Waals surface area contributed by atoms with Gasteiger partial charge < -0.3 is 0 Å². The second-order valence-corrected chi connectivity index (χ2v) is 9.06. The van der Waals surface area contributed by atoms with Crippen LogP contribution in [0, 0.1) is 0 Å². The highest BCUT2D eigenvalue weighted by Gasteiger charge is 2.42. The molecule has 1 aromatic heterocycles. The maximum atomic E-state index is 13.8. The molecule has 2 atom stereocenters. The van der Waals surface area contributed by atoms with E-state index in [1.165, 1.54) is 0 Å². The van der Waals surface area contributed by atoms with Crippen LogP contribution in [0.25, 0.3) is 10.8 Å². The van der Waals surface area contributed by atoms with Crippen molar-refractivity contribution in [2.24, 2.45) is 0 Å². The molecule has 0 bridgehead atoms. The lowest BCUT2D eigenvalue weighted by Crippen LogP contribution is -2.42. The van der Waals surface area contributed by atoms with Crippen LogP contribution in [0.5, 0.6) is 0 Å². The van der Waals surface area contributed by atoms with E-state index in [9.17, 15) is 9.59 Å². The van der Waals surface area contributed by atoms with Gasteiger partial charge in [-0.2, -0.15) is 0 Å². The van der Waals surface area contributed by atoms with Crippen molar-refractivity contribution in [1.29, 1.82) is 0 Å². The first kappa shape index (κ1) is 20.5. The zero-order valence-corrected chi connectivity index (χ0v) is 18.7. The van der Waals surface area contributed by atoms with E-state index < -0.39 is 0 Å². The van der Waals surface area contributed by atoms with Crippen molar-refractivity contribution < 1.29 is 9.59 Å². The Morgan fingerprint density at radius 2 is 1.44 bits per heavy atom. The number of fused-ring (bicyclic) bond motifs is 1. The Morgan fingerprint density at radius 1 is 0.706 bits per heavy atom. The standard InChI is InChI=1S/C30H24N2O2/c33-28-18-23(20-7-2-1-3-8-20)17-27-30(28)25(22-13-15-31-16-14-22)19-29(34)32(27)26-12-6-10-21-9-4-5-11-24(21)26/h1-16,23,25H,17-19H2. The van der Waals surface area contributed by atoms with Gasteiger partial charge in [-0.15, -0.1) is 0 Å². The Hall–Kier alpha value is -4.05. The van der Waals surface area contributed by atoms with Crippen molar-refractivity contribution in [2.75, 3.05) is 4.90 Å². The van der Waals surface area contributed by atoms with Gasteiger partial charge in [0.1, 0.15) is 0 Å². The molecule has 1 aliphatic carbocycles. The van der Waals surface area contributed by atoms with E-state index in [2.05, 4.69) is 29.2 Å². The molecule has 0 N–H and O–H groups in total. The summed E-state index contributed by atoms with van der Waals surface area (Å²) in [6.07, 6.45) is 4.85. The largest absolute Gasteiger partial charge is 0.294 e. The smallest absolute Gasteiger partial charge is 0.232 e. The number of hydrogen-bond acceptors (Lipinski definition) is 3. The van der Waals surface area contributed by atoms with Gasteiger partial charge in [-0.05, 0) is 47.1 Å². The van der Waals surface area contributed by atoms with Crippen LogP contribution in [0.2, 0.25) is 0 Å². The van der Waals surface area contributed by atoms with Crippen molar-refractivity contribution in [1.82, 2.24) is 4.98 Å². The van der Waals surface area contributed by atoms with Gasteiger partial charge in [-0.1, -0.05) is 66.7 Å². The molecule has 1 amide bonds. The number of allylic oxidation sites excluding steroid dienone is 2. The molecule has 0 saturated heterocycles. The second-order valence-electron chi connectivity index (χ2n) is 9.06. The third-order valence-corrected chi connectivity index (χ3v) is 7.12. The molecule has 4 nitrogen and oxygen atoms in total. The fourth-order valence-electron chi connectivity index (χ4n) is 5.56. The van der Waals surface area contributed by atoms with Crippen LogP contribution in [-0.2, 0) is 9.59 Å². The number of Topliss-reactive ketones (excluding diaryl/α,β-unsaturated/α-hetero) is 1. The fraction of sp³-hybridized carbons (Fsp3) is 0.167. The lowest BCUT2D eigenvalue weighted by atomic mass is 9.73. The van der Waals surface area contributed by atoms with E-state index in [1.54, 1.807) is 12.4 Å². The maximum absolute atomic E-state index is 13.8. The highest BCUT2D eigenvalue weighted by Crippen LogP contribution is 2.47. The molecule has 2 heterocycles. The maximum Gasteiger partial charge on any atom is 0.232 e. The van der Waals surface area contributed by atoms with E-state index in [-0.39, 0.29) is 29.9 Å². The molecule has 2 unspecified atom stereocenters. The Labute approximate surface area is 198 Å². The molecule has 4 heteroatoms. The van der Waals surface area contributed by atoms with Crippen molar-refractivity contribution in [2.45, 2.75) is 31.1 Å². The van der Waals surface area contributed by atoms with Crippen LogP contribution in [-0.4, -0.2) is 16.7 Å². The Balaban J connectivity index is 1.55. The number of anilines is 1. The zero-order chi connectivity index (χ0) is 23.1. The Kier molecular flexibility index (Phi) is 5.06. The molecule has 34 heavy (non-hydrogen) atoms. The van der Waals surface area contributed by atoms with Crippen LogP contribution in [0.15, 0.2) is 109 Å². The van der Waals surface area contributed by atoms with Crippen molar-refractivity contribution in [3.8, 4) is 0 Å². The predicted octanol–water partition coefficient (Wildman–Crippen LogP) is 6.16. The summed E-state index contributed by atoms with van der Waals surface area (Å²) in [5.74, 6) is -0.0251. The van der Waals surface area contributed by atoms with Gasteiger partial charge >= 0.3 is 0 Å². The molecule has 1 aliphatic heterocycles. The molecule has 4 aromatic rings. The first-order valence-electron chi connectivity index (χ1n) is 11.7. The van der Waals surface area contributed by atoms with Gasteiger partial charge in [0.25, 0.3) is 0 Å².